The minimum atomic E-state index is -0.276. The molecule has 0 saturated heterocycles. The maximum Gasteiger partial charge on any atom is 0.273 e. The second-order valence-electron chi connectivity index (χ2n) is 5.27. The summed E-state index contributed by atoms with van der Waals surface area (Å²) in [7, 11) is 1.61. The fourth-order valence-corrected chi connectivity index (χ4v) is 2.48. The molecular formula is C18H16ClN3O2. The van der Waals surface area contributed by atoms with E-state index < -0.39 is 0 Å². The molecule has 6 heteroatoms. The highest BCUT2D eigenvalue weighted by atomic mass is 35.5. The molecule has 2 N–H and O–H groups in total. The SMILES string of the molecule is COc1cccc(-c2cc(C(=O)Nc3cccc(Cl)c3C)[nH]n2)c1. The van der Waals surface area contributed by atoms with Crippen molar-refractivity contribution in [1.29, 1.82) is 0 Å². The first-order chi connectivity index (χ1) is 11.6. The van der Waals surface area contributed by atoms with Gasteiger partial charge in [-0.05, 0) is 42.8 Å². The van der Waals surface area contributed by atoms with Crippen LogP contribution in [0.3, 0.4) is 0 Å². The van der Waals surface area contributed by atoms with Gasteiger partial charge in [0.1, 0.15) is 11.4 Å². The van der Waals surface area contributed by atoms with E-state index in [9.17, 15) is 4.79 Å². The average molecular weight is 342 g/mol. The van der Waals surface area contributed by atoms with Gasteiger partial charge in [0.25, 0.3) is 5.91 Å². The highest BCUT2D eigenvalue weighted by Gasteiger charge is 2.13. The first-order valence-corrected chi connectivity index (χ1v) is 7.72. The molecule has 24 heavy (non-hydrogen) atoms. The Morgan fingerprint density at radius 1 is 1.21 bits per heavy atom. The van der Waals surface area contributed by atoms with Crippen LogP contribution in [0.5, 0.6) is 5.75 Å². The molecule has 0 aliphatic heterocycles. The number of nitrogens with zero attached hydrogens (tertiary/aromatic N) is 1. The van der Waals surface area contributed by atoms with E-state index in [0.717, 1.165) is 16.9 Å². The Balaban J connectivity index is 1.82. The lowest BCUT2D eigenvalue weighted by atomic mass is 10.1. The summed E-state index contributed by atoms with van der Waals surface area (Å²) in [6, 6.07) is 14.6. The van der Waals surface area contributed by atoms with E-state index in [0.29, 0.717) is 22.1 Å². The predicted octanol–water partition coefficient (Wildman–Crippen LogP) is 4.30. The molecule has 3 rings (SSSR count). The number of benzene rings is 2. The van der Waals surface area contributed by atoms with Gasteiger partial charge in [-0.25, -0.2) is 0 Å². The highest BCUT2D eigenvalue weighted by Crippen LogP contribution is 2.25. The van der Waals surface area contributed by atoms with E-state index in [1.165, 1.54) is 0 Å². The van der Waals surface area contributed by atoms with Crippen molar-refractivity contribution in [1.82, 2.24) is 10.2 Å². The molecule has 0 bridgehead atoms. The highest BCUT2D eigenvalue weighted by molar-refractivity contribution is 6.31. The molecule has 0 atom stereocenters. The number of halogens is 1. The molecule has 5 nitrogen and oxygen atoms in total. The molecule has 0 radical (unpaired) electrons. The molecule has 1 amide bonds. The number of aromatic amines is 1. The molecule has 1 aromatic heterocycles. The maximum absolute atomic E-state index is 12.4. The Bertz CT molecular complexity index is 889. The van der Waals surface area contributed by atoms with Gasteiger partial charge < -0.3 is 10.1 Å². The minimum absolute atomic E-state index is 0.276. The van der Waals surface area contributed by atoms with Crippen LogP contribution in [0.1, 0.15) is 16.1 Å². The molecule has 0 saturated carbocycles. The summed E-state index contributed by atoms with van der Waals surface area (Å²) in [5.41, 5.74) is 3.39. The van der Waals surface area contributed by atoms with E-state index in [1.807, 2.05) is 31.2 Å². The topological polar surface area (TPSA) is 67.0 Å². The number of carbonyl (C=O) groups excluding carboxylic acids is 1. The molecule has 3 aromatic rings. The summed E-state index contributed by atoms with van der Waals surface area (Å²) in [5, 5.41) is 10.4. The van der Waals surface area contributed by atoms with Gasteiger partial charge in [0.15, 0.2) is 0 Å². The van der Waals surface area contributed by atoms with Crippen LogP contribution in [0, 0.1) is 6.92 Å². The van der Waals surface area contributed by atoms with E-state index >= 15 is 0 Å². The lowest BCUT2D eigenvalue weighted by Crippen LogP contribution is -2.13. The summed E-state index contributed by atoms with van der Waals surface area (Å²) >= 11 is 6.07. The van der Waals surface area contributed by atoms with Crippen LogP contribution in [-0.2, 0) is 0 Å². The number of hydrogen-bond donors (Lipinski definition) is 2. The number of H-pyrrole nitrogens is 1. The van der Waals surface area contributed by atoms with Crippen LogP contribution < -0.4 is 10.1 Å². The van der Waals surface area contributed by atoms with Crippen molar-refractivity contribution in [2.45, 2.75) is 6.92 Å². The Morgan fingerprint density at radius 3 is 2.79 bits per heavy atom. The van der Waals surface area contributed by atoms with E-state index in [-0.39, 0.29) is 5.91 Å². The lowest BCUT2D eigenvalue weighted by Gasteiger charge is -2.08. The summed E-state index contributed by atoms with van der Waals surface area (Å²) in [6.45, 7) is 1.85. The van der Waals surface area contributed by atoms with Gasteiger partial charge in [-0.2, -0.15) is 5.10 Å². The molecule has 0 aliphatic rings. The first kappa shape index (κ1) is 16.1. The van der Waals surface area contributed by atoms with Gasteiger partial charge in [-0.1, -0.05) is 29.8 Å². The Labute approximate surface area is 144 Å². The molecule has 1 heterocycles. The summed E-state index contributed by atoms with van der Waals surface area (Å²) < 4.78 is 5.20. The van der Waals surface area contributed by atoms with E-state index in [2.05, 4.69) is 15.5 Å². The number of methoxy groups -OCH3 is 1. The summed E-state index contributed by atoms with van der Waals surface area (Å²) in [5.74, 6) is 0.457. The van der Waals surface area contributed by atoms with Gasteiger partial charge in [0.2, 0.25) is 0 Å². The number of hydrogen-bond acceptors (Lipinski definition) is 3. The smallest absolute Gasteiger partial charge is 0.273 e. The van der Waals surface area contributed by atoms with Crippen molar-refractivity contribution in [3.8, 4) is 17.0 Å². The lowest BCUT2D eigenvalue weighted by molar-refractivity contribution is 0.102. The second-order valence-corrected chi connectivity index (χ2v) is 5.67. The standard InChI is InChI=1S/C18H16ClN3O2/c1-11-14(19)7-4-8-15(11)20-18(23)17-10-16(21-22-17)12-5-3-6-13(9-12)24-2/h3-10H,1-2H3,(H,20,23)(H,21,22). The average Bonchev–Trinajstić information content (AvgIpc) is 3.09. The zero-order valence-electron chi connectivity index (χ0n) is 13.3. The Kier molecular flexibility index (Phi) is 4.53. The second kappa shape index (κ2) is 6.76. The Hall–Kier alpha value is -2.79. The number of nitrogens with one attached hydrogen (secondary N) is 2. The van der Waals surface area contributed by atoms with Crippen LogP contribution in [0.2, 0.25) is 5.02 Å². The summed E-state index contributed by atoms with van der Waals surface area (Å²) in [4.78, 5) is 12.4. The van der Waals surface area contributed by atoms with E-state index in [1.54, 1.807) is 31.4 Å². The van der Waals surface area contributed by atoms with Crippen LogP contribution in [0.25, 0.3) is 11.3 Å². The first-order valence-electron chi connectivity index (χ1n) is 7.35. The molecule has 2 aromatic carbocycles. The number of carbonyl (C=O) groups is 1. The van der Waals surface area contributed by atoms with Crippen molar-refractivity contribution in [2.24, 2.45) is 0 Å². The third-order valence-electron chi connectivity index (χ3n) is 3.70. The number of aromatic nitrogens is 2. The number of amides is 1. The fourth-order valence-electron chi connectivity index (χ4n) is 2.30. The molecule has 122 valence electrons. The van der Waals surface area contributed by atoms with Gasteiger partial charge >= 0.3 is 0 Å². The van der Waals surface area contributed by atoms with Crippen molar-refractivity contribution < 1.29 is 9.53 Å². The Morgan fingerprint density at radius 2 is 2.00 bits per heavy atom. The zero-order valence-corrected chi connectivity index (χ0v) is 14.0. The largest absolute Gasteiger partial charge is 0.497 e. The third kappa shape index (κ3) is 3.26. The summed E-state index contributed by atoms with van der Waals surface area (Å²) in [6.07, 6.45) is 0. The molecule has 0 aliphatic carbocycles. The predicted molar refractivity (Wildman–Crippen MR) is 94.7 cm³/mol. The quantitative estimate of drug-likeness (QED) is 0.743. The van der Waals surface area contributed by atoms with Crippen molar-refractivity contribution in [2.75, 3.05) is 12.4 Å². The fraction of sp³-hybridized carbons (Fsp3) is 0.111. The molecule has 0 unspecified atom stereocenters. The van der Waals surface area contributed by atoms with E-state index in [4.69, 9.17) is 16.3 Å². The van der Waals surface area contributed by atoms with Crippen LogP contribution >= 0.6 is 11.6 Å². The number of ether oxygens (including phenoxy) is 1. The minimum Gasteiger partial charge on any atom is -0.497 e. The molecule has 0 fully saturated rings. The van der Waals surface area contributed by atoms with Crippen LogP contribution in [-0.4, -0.2) is 23.2 Å². The van der Waals surface area contributed by atoms with Crippen molar-refractivity contribution in [3.63, 3.8) is 0 Å². The third-order valence-corrected chi connectivity index (χ3v) is 4.11. The monoisotopic (exact) mass is 341 g/mol. The van der Waals surface area contributed by atoms with Crippen molar-refractivity contribution in [3.05, 3.63) is 64.8 Å². The van der Waals surface area contributed by atoms with Crippen molar-refractivity contribution >= 4 is 23.2 Å². The van der Waals surface area contributed by atoms with Crippen LogP contribution in [0.15, 0.2) is 48.5 Å². The van der Waals surface area contributed by atoms with Gasteiger partial charge in [0, 0.05) is 16.3 Å². The van der Waals surface area contributed by atoms with Gasteiger partial charge in [-0.15, -0.1) is 0 Å². The zero-order chi connectivity index (χ0) is 17.1. The van der Waals surface area contributed by atoms with Crippen LogP contribution in [0.4, 0.5) is 5.69 Å². The molecule has 0 spiro atoms. The number of rotatable bonds is 4. The normalized spacial score (nSPS) is 10.5. The number of anilines is 1. The van der Waals surface area contributed by atoms with Gasteiger partial charge in [-0.3, -0.25) is 9.89 Å². The van der Waals surface area contributed by atoms with Gasteiger partial charge in [0.05, 0.1) is 12.8 Å². The maximum atomic E-state index is 12.4. The molecular weight excluding hydrogens is 326 g/mol.